The Balaban J connectivity index is 2.05. The van der Waals surface area contributed by atoms with Crippen LogP contribution >= 0.6 is 0 Å². The fourth-order valence-corrected chi connectivity index (χ4v) is 1.74. The lowest BCUT2D eigenvalue weighted by molar-refractivity contribution is 0.0946. The molecule has 92 valence electrons. The third-order valence-corrected chi connectivity index (χ3v) is 2.66. The zero-order valence-corrected chi connectivity index (χ0v) is 10.2. The first-order valence-electron chi connectivity index (χ1n) is 5.78. The molecular formula is C13H18N2O2. The molecule has 1 aliphatic rings. The first-order valence-corrected chi connectivity index (χ1v) is 5.78. The van der Waals surface area contributed by atoms with Gasteiger partial charge in [-0.15, -0.1) is 0 Å². The maximum Gasteiger partial charge on any atom is 0.251 e. The molecule has 1 amide bonds. The van der Waals surface area contributed by atoms with Gasteiger partial charge in [-0.05, 0) is 37.6 Å². The lowest BCUT2D eigenvalue weighted by atomic mass is 10.1. The number of nitrogens with one attached hydrogen (secondary N) is 1. The lowest BCUT2D eigenvalue weighted by Crippen LogP contribution is -2.45. The van der Waals surface area contributed by atoms with E-state index in [4.69, 9.17) is 10.5 Å². The quantitative estimate of drug-likeness (QED) is 0.822. The second-order valence-corrected chi connectivity index (χ2v) is 5.09. The van der Waals surface area contributed by atoms with Gasteiger partial charge in [0.1, 0.15) is 5.75 Å². The van der Waals surface area contributed by atoms with Crippen LogP contribution in [0.3, 0.4) is 0 Å². The molecule has 0 saturated heterocycles. The monoisotopic (exact) mass is 234 g/mol. The average Bonchev–Trinajstić information content (AvgIpc) is 2.71. The highest BCUT2D eigenvalue weighted by Gasteiger charge is 2.16. The number of hydrogen-bond acceptors (Lipinski definition) is 3. The maximum absolute atomic E-state index is 11.9. The number of benzene rings is 1. The molecule has 1 aromatic rings. The van der Waals surface area contributed by atoms with E-state index in [0.29, 0.717) is 18.7 Å². The molecule has 0 bridgehead atoms. The van der Waals surface area contributed by atoms with Crippen molar-refractivity contribution >= 4 is 5.91 Å². The van der Waals surface area contributed by atoms with Gasteiger partial charge in [-0.3, -0.25) is 4.79 Å². The van der Waals surface area contributed by atoms with E-state index in [0.717, 1.165) is 17.7 Å². The van der Waals surface area contributed by atoms with E-state index in [9.17, 15) is 4.79 Å². The van der Waals surface area contributed by atoms with E-state index >= 15 is 0 Å². The van der Waals surface area contributed by atoms with Gasteiger partial charge >= 0.3 is 0 Å². The number of ether oxygens (including phenoxy) is 1. The smallest absolute Gasteiger partial charge is 0.251 e. The third kappa shape index (κ3) is 2.97. The van der Waals surface area contributed by atoms with Crippen molar-refractivity contribution in [3.63, 3.8) is 0 Å². The molecule has 0 atom stereocenters. The number of nitrogens with two attached hydrogens (primary N) is 1. The van der Waals surface area contributed by atoms with Crippen LogP contribution in [0.1, 0.15) is 29.8 Å². The van der Waals surface area contributed by atoms with Crippen LogP contribution in [0.4, 0.5) is 0 Å². The summed E-state index contributed by atoms with van der Waals surface area (Å²) in [5.74, 6) is 0.805. The number of fused-ring (bicyclic) bond motifs is 1. The highest BCUT2D eigenvalue weighted by atomic mass is 16.5. The van der Waals surface area contributed by atoms with Crippen LogP contribution in [0.15, 0.2) is 18.2 Å². The predicted octanol–water partition coefficient (Wildman–Crippen LogP) is 1.09. The maximum atomic E-state index is 11.9. The highest BCUT2D eigenvalue weighted by molar-refractivity contribution is 5.94. The second-order valence-electron chi connectivity index (χ2n) is 5.09. The van der Waals surface area contributed by atoms with Crippen LogP contribution < -0.4 is 15.8 Å². The van der Waals surface area contributed by atoms with Gasteiger partial charge in [-0.2, -0.15) is 0 Å². The standard InChI is InChI=1S/C13H18N2O2/c1-13(2,14)8-15-12(16)10-3-4-11-9(7-10)5-6-17-11/h3-4,7H,5-6,8,14H2,1-2H3,(H,15,16). The van der Waals surface area contributed by atoms with Gasteiger partial charge in [-0.25, -0.2) is 0 Å². The summed E-state index contributed by atoms with van der Waals surface area (Å²) in [5.41, 5.74) is 7.19. The van der Waals surface area contributed by atoms with Gasteiger partial charge in [0.25, 0.3) is 5.91 Å². The Morgan fingerprint density at radius 1 is 1.53 bits per heavy atom. The number of rotatable bonds is 3. The molecule has 0 spiro atoms. The second kappa shape index (κ2) is 4.37. The van der Waals surface area contributed by atoms with Crippen molar-refractivity contribution in [2.75, 3.05) is 13.2 Å². The summed E-state index contributed by atoms with van der Waals surface area (Å²) in [6, 6.07) is 5.52. The molecule has 0 fully saturated rings. The Bertz CT molecular complexity index is 436. The van der Waals surface area contributed by atoms with Crippen molar-refractivity contribution in [1.82, 2.24) is 5.32 Å². The summed E-state index contributed by atoms with van der Waals surface area (Å²) < 4.78 is 5.40. The molecule has 1 heterocycles. The zero-order chi connectivity index (χ0) is 12.5. The lowest BCUT2D eigenvalue weighted by Gasteiger charge is -2.18. The van der Waals surface area contributed by atoms with Crippen LogP contribution in [0, 0.1) is 0 Å². The molecule has 3 N–H and O–H groups in total. The summed E-state index contributed by atoms with van der Waals surface area (Å²) in [6.45, 7) is 4.92. The van der Waals surface area contributed by atoms with Gasteiger partial charge in [0, 0.05) is 24.1 Å². The van der Waals surface area contributed by atoms with Crippen molar-refractivity contribution in [2.24, 2.45) is 5.73 Å². The first kappa shape index (κ1) is 11.9. The van der Waals surface area contributed by atoms with Gasteiger partial charge in [-0.1, -0.05) is 0 Å². The van der Waals surface area contributed by atoms with Crippen LogP contribution in [0.5, 0.6) is 5.75 Å². The van der Waals surface area contributed by atoms with Crippen molar-refractivity contribution in [3.05, 3.63) is 29.3 Å². The van der Waals surface area contributed by atoms with E-state index in [-0.39, 0.29) is 5.91 Å². The Kier molecular flexibility index (Phi) is 3.07. The topological polar surface area (TPSA) is 64.3 Å². The van der Waals surface area contributed by atoms with Crippen LogP contribution in [-0.4, -0.2) is 24.6 Å². The minimum absolute atomic E-state index is 0.0850. The molecule has 0 unspecified atom stereocenters. The minimum Gasteiger partial charge on any atom is -0.493 e. The van der Waals surface area contributed by atoms with Crippen LogP contribution in [0.2, 0.25) is 0 Å². The summed E-state index contributed by atoms with van der Waals surface area (Å²) in [5, 5.41) is 2.83. The molecule has 0 aliphatic carbocycles. The van der Waals surface area contributed by atoms with Crippen molar-refractivity contribution in [3.8, 4) is 5.75 Å². The zero-order valence-electron chi connectivity index (χ0n) is 10.2. The Morgan fingerprint density at radius 2 is 2.29 bits per heavy atom. The molecule has 4 nitrogen and oxygen atoms in total. The van der Waals surface area contributed by atoms with Crippen molar-refractivity contribution in [2.45, 2.75) is 25.8 Å². The van der Waals surface area contributed by atoms with E-state index in [1.165, 1.54) is 0 Å². The minimum atomic E-state index is -0.393. The third-order valence-electron chi connectivity index (χ3n) is 2.66. The molecule has 4 heteroatoms. The highest BCUT2D eigenvalue weighted by Crippen LogP contribution is 2.25. The number of amides is 1. The normalized spacial score (nSPS) is 14.1. The SMILES string of the molecule is CC(C)(N)CNC(=O)c1ccc2c(c1)CCO2. The van der Waals surface area contributed by atoms with E-state index in [2.05, 4.69) is 5.32 Å². The average molecular weight is 234 g/mol. The largest absolute Gasteiger partial charge is 0.493 e. The number of carbonyl (C=O) groups is 1. The summed E-state index contributed by atoms with van der Waals surface area (Å²) >= 11 is 0. The van der Waals surface area contributed by atoms with E-state index in [1.807, 2.05) is 26.0 Å². The Morgan fingerprint density at radius 3 is 3.00 bits per heavy atom. The van der Waals surface area contributed by atoms with Gasteiger partial charge in [0.05, 0.1) is 6.61 Å². The molecule has 0 aromatic heterocycles. The van der Waals surface area contributed by atoms with Gasteiger partial charge in [0.15, 0.2) is 0 Å². The van der Waals surface area contributed by atoms with Crippen LogP contribution in [-0.2, 0) is 6.42 Å². The van der Waals surface area contributed by atoms with Gasteiger partial charge < -0.3 is 15.8 Å². The fourth-order valence-electron chi connectivity index (χ4n) is 1.74. The Hall–Kier alpha value is -1.55. The summed E-state index contributed by atoms with van der Waals surface area (Å²) in [6.07, 6.45) is 0.874. The molecule has 17 heavy (non-hydrogen) atoms. The van der Waals surface area contributed by atoms with Crippen molar-refractivity contribution < 1.29 is 9.53 Å². The van der Waals surface area contributed by atoms with Gasteiger partial charge in [0.2, 0.25) is 0 Å². The molecule has 1 aromatic carbocycles. The molecule has 0 radical (unpaired) electrons. The van der Waals surface area contributed by atoms with E-state index in [1.54, 1.807) is 6.07 Å². The summed E-state index contributed by atoms with van der Waals surface area (Å²) in [7, 11) is 0. The summed E-state index contributed by atoms with van der Waals surface area (Å²) in [4.78, 5) is 11.9. The molecule has 2 rings (SSSR count). The van der Waals surface area contributed by atoms with Crippen LogP contribution in [0.25, 0.3) is 0 Å². The van der Waals surface area contributed by atoms with E-state index < -0.39 is 5.54 Å². The number of carbonyl (C=O) groups excluding carboxylic acids is 1. The predicted molar refractivity (Wildman–Crippen MR) is 66.2 cm³/mol. The fraction of sp³-hybridized carbons (Fsp3) is 0.462. The first-order chi connectivity index (χ1) is 7.96. The molecular weight excluding hydrogens is 216 g/mol. The van der Waals surface area contributed by atoms with Crippen molar-refractivity contribution in [1.29, 1.82) is 0 Å². The molecule has 1 aliphatic heterocycles. The number of hydrogen-bond donors (Lipinski definition) is 2. The Labute approximate surface area is 101 Å². The molecule has 0 saturated carbocycles.